The van der Waals surface area contributed by atoms with Gasteiger partial charge in [-0.15, -0.1) is 8.78 Å². The number of alkyl halides is 3. The number of benzene rings is 2. The van der Waals surface area contributed by atoms with E-state index in [1.54, 1.807) is 19.9 Å². The van der Waals surface area contributed by atoms with Gasteiger partial charge in [0.1, 0.15) is 5.75 Å². The van der Waals surface area contributed by atoms with Crippen LogP contribution in [0.25, 0.3) is 10.9 Å². The summed E-state index contributed by atoms with van der Waals surface area (Å²) in [6.45, 7) is 7.45. The fourth-order valence-electron chi connectivity index (χ4n) is 3.85. The van der Waals surface area contributed by atoms with Crippen LogP contribution in [0.15, 0.2) is 35.2 Å². The van der Waals surface area contributed by atoms with Gasteiger partial charge in [0.2, 0.25) is 10.0 Å². The van der Waals surface area contributed by atoms with Gasteiger partial charge in [0, 0.05) is 34.7 Å². The standard InChI is InChI=1S/C21H23ClF2N2O3S/c1-12-9-13(2)20(14(3)10-12)30(27,28)25-8-7-17-15(4)26-19-6-5-16(11-18(17)19)29-21(22,23)24/h5-6,9-11,25-26H,7-8H2,1-4H3. The van der Waals surface area contributed by atoms with E-state index in [2.05, 4.69) is 14.4 Å². The molecule has 0 spiro atoms. The van der Waals surface area contributed by atoms with Crippen molar-refractivity contribution in [3.8, 4) is 5.75 Å². The first kappa shape index (κ1) is 22.5. The lowest BCUT2D eigenvalue weighted by atomic mass is 10.1. The van der Waals surface area contributed by atoms with E-state index in [1.165, 1.54) is 12.1 Å². The molecule has 0 saturated carbocycles. The topological polar surface area (TPSA) is 71.2 Å². The Morgan fingerprint density at radius 3 is 2.33 bits per heavy atom. The van der Waals surface area contributed by atoms with Crippen LogP contribution in [0.2, 0.25) is 0 Å². The van der Waals surface area contributed by atoms with Gasteiger partial charge in [-0.3, -0.25) is 0 Å². The fraction of sp³-hybridized carbons (Fsp3) is 0.333. The maximum atomic E-state index is 13.0. The molecule has 9 heteroatoms. The number of hydrogen-bond acceptors (Lipinski definition) is 3. The van der Waals surface area contributed by atoms with Gasteiger partial charge in [-0.25, -0.2) is 13.1 Å². The number of hydrogen-bond donors (Lipinski definition) is 2. The third kappa shape index (κ3) is 4.94. The van der Waals surface area contributed by atoms with E-state index in [9.17, 15) is 17.2 Å². The van der Waals surface area contributed by atoms with E-state index < -0.39 is 15.6 Å². The number of halogens is 3. The highest BCUT2D eigenvalue weighted by Crippen LogP contribution is 2.31. The molecule has 0 aliphatic carbocycles. The molecule has 0 fully saturated rings. The maximum absolute atomic E-state index is 13.0. The quantitative estimate of drug-likeness (QED) is 0.486. The fourth-order valence-corrected chi connectivity index (χ4v) is 5.42. The van der Waals surface area contributed by atoms with Crippen molar-refractivity contribution in [2.45, 2.75) is 44.6 Å². The first-order valence-electron chi connectivity index (χ1n) is 9.32. The Kier molecular flexibility index (Phi) is 6.13. The predicted octanol–water partition coefficient (Wildman–Crippen LogP) is 5.09. The summed E-state index contributed by atoms with van der Waals surface area (Å²) >= 11 is 4.85. The zero-order valence-corrected chi connectivity index (χ0v) is 18.6. The zero-order valence-electron chi connectivity index (χ0n) is 17.1. The Bertz CT molecular complexity index is 1180. The Morgan fingerprint density at radius 1 is 1.10 bits per heavy atom. The Morgan fingerprint density at radius 2 is 1.73 bits per heavy atom. The van der Waals surface area contributed by atoms with E-state index in [-0.39, 0.29) is 17.2 Å². The molecule has 0 aliphatic heterocycles. The molecule has 1 heterocycles. The minimum atomic E-state index is -3.81. The number of nitrogens with one attached hydrogen (secondary N) is 2. The van der Waals surface area contributed by atoms with Crippen LogP contribution in [-0.4, -0.2) is 25.5 Å². The summed E-state index contributed by atoms with van der Waals surface area (Å²) in [7, 11) is -3.69. The molecule has 0 amide bonds. The first-order chi connectivity index (χ1) is 13.9. The van der Waals surface area contributed by atoms with Crippen LogP contribution in [-0.2, 0) is 16.4 Å². The Hall–Kier alpha value is -2.16. The van der Waals surface area contributed by atoms with Crippen LogP contribution in [0.4, 0.5) is 8.78 Å². The molecule has 0 atom stereocenters. The minimum absolute atomic E-state index is 0.0748. The number of fused-ring (bicyclic) bond motifs is 1. The predicted molar refractivity (Wildman–Crippen MR) is 114 cm³/mol. The van der Waals surface area contributed by atoms with Gasteiger partial charge in [0.25, 0.3) is 0 Å². The molecule has 162 valence electrons. The number of ether oxygens (including phenoxy) is 1. The molecule has 0 unspecified atom stereocenters. The Balaban J connectivity index is 1.82. The monoisotopic (exact) mass is 456 g/mol. The van der Waals surface area contributed by atoms with Gasteiger partial charge in [-0.05, 0) is 69.0 Å². The van der Waals surface area contributed by atoms with Gasteiger partial charge >= 0.3 is 5.57 Å². The van der Waals surface area contributed by atoms with Crippen LogP contribution >= 0.6 is 11.6 Å². The first-order valence-corrected chi connectivity index (χ1v) is 11.2. The summed E-state index contributed by atoms with van der Waals surface area (Å²) in [5.74, 6) is -0.0748. The number of aromatic amines is 1. The lowest BCUT2D eigenvalue weighted by Gasteiger charge is -2.13. The second kappa shape index (κ2) is 8.17. The van der Waals surface area contributed by atoms with Gasteiger partial charge in [-0.2, -0.15) is 0 Å². The average molecular weight is 457 g/mol. The van der Waals surface area contributed by atoms with Gasteiger partial charge in [0.15, 0.2) is 0 Å². The van der Waals surface area contributed by atoms with Crippen LogP contribution < -0.4 is 9.46 Å². The largest absolute Gasteiger partial charge is 0.487 e. The summed E-state index contributed by atoms with van der Waals surface area (Å²) in [6.07, 6.45) is 0.371. The van der Waals surface area contributed by atoms with Crippen molar-refractivity contribution in [3.05, 3.63) is 58.3 Å². The zero-order chi connectivity index (χ0) is 22.3. The van der Waals surface area contributed by atoms with E-state index >= 15 is 0 Å². The average Bonchev–Trinajstić information content (AvgIpc) is 2.87. The summed E-state index contributed by atoms with van der Waals surface area (Å²) < 4.78 is 58.7. The van der Waals surface area contributed by atoms with Crippen molar-refractivity contribution in [3.63, 3.8) is 0 Å². The van der Waals surface area contributed by atoms with E-state index in [0.29, 0.717) is 22.9 Å². The third-order valence-electron chi connectivity index (χ3n) is 4.87. The van der Waals surface area contributed by atoms with Gasteiger partial charge in [-0.1, -0.05) is 17.7 Å². The molecule has 0 aliphatic rings. The molecule has 0 bridgehead atoms. The van der Waals surface area contributed by atoms with E-state index in [4.69, 9.17) is 11.6 Å². The van der Waals surface area contributed by atoms with Gasteiger partial charge < -0.3 is 9.72 Å². The molecule has 30 heavy (non-hydrogen) atoms. The molecule has 2 N–H and O–H groups in total. The molecule has 3 rings (SSSR count). The maximum Gasteiger partial charge on any atom is 0.487 e. The second-order valence-electron chi connectivity index (χ2n) is 7.36. The van der Waals surface area contributed by atoms with Gasteiger partial charge in [0.05, 0.1) is 4.90 Å². The van der Waals surface area contributed by atoms with Crippen molar-refractivity contribution < 1.29 is 21.9 Å². The lowest BCUT2D eigenvalue weighted by Crippen LogP contribution is -2.27. The number of aryl methyl sites for hydroxylation is 4. The number of H-pyrrole nitrogens is 1. The molecule has 2 aromatic carbocycles. The van der Waals surface area contributed by atoms with Crippen molar-refractivity contribution in [2.24, 2.45) is 0 Å². The summed E-state index contributed by atoms with van der Waals surface area (Å²) in [5.41, 5.74) is 0.937. The number of rotatable bonds is 7. The van der Waals surface area contributed by atoms with Crippen molar-refractivity contribution in [2.75, 3.05) is 6.54 Å². The molecule has 1 aromatic heterocycles. The molecule has 3 aromatic rings. The smallest absolute Gasteiger partial charge is 0.420 e. The molecular formula is C21H23ClF2N2O3S. The summed E-state index contributed by atoms with van der Waals surface area (Å²) in [4.78, 5) is 3.45. The van der Waals surface area contributed by atoms with Crippen molar-refractivity contribution in [1.82, 2.24) is 9.71 Å². The van der Waals surface area contributed by atoms with Crippen molar-refractivity contribution >= 4 is 32.5 Å². The van der Waals surface area contributed by atoms with E-state index in [0.717, 1.165) is 22.3 Å². The van der Waals surface area contributed by atoms with E-state index in [1.807, 2.05) is 26.0 Å². The lowest BCUT2D eigenvalue weighted by molar-refractivity contribution is -0.0964. The highest BCUT2D eigenvalue weighted by molar-refractivity contribution is 7.89. The van der Waals surface area contributed by atoms with Crippen molar-refractivity contribution in [1.29, 1.82) is 0 Å². The Labute approximate surface area is 179 Å². The summed E-state index contributed by atoms with van der Waals surface area (Å²) in [6, 6.07) is 8.14. The summed E-state index contributed by atoms with van der Waals surface area (Å²) in [5, 5.41) is 0.674. The van der Waals surface area contributed by atoms with Crippen LogP contribution in [0.3, 0.4) is 0 Å². The van der Waals surface area contributed by atoms with Crippen LogP contribution in [0.1, 0.15) is 27.9 Å². The SMILES string of the molecule is Cc1cc(C)c(S(=O)(=O)NCCc2c(C)[nH]c3ccc(OC(F)(F)Cl)cc23)c(C)c1. The third-order valence-corrected chi connectivity index (χ3v) is 6.71. The molecule has 5 nitrogen and oxygen atoms in total. The minimum Gasteiger partial charge on any atom is -0.420 e. The molecular weight excluding hydrogens is 434 g/mol. The van der Waals surface area contributed by atoms with Crippen LogP contribution in [0, 0.1) is 27.7 Å². The number of sulfonamides is 1. The highest BCUT2D eigenvalue weighted by Gasteiger charge is 2.28. The number of aromatic nitrogens is 1. The van der Waals surface area contributed by atoms with Crippen LogP contribution in [0.5, 0.6) is 5.75 Å². The highest BCUT2D eigenvalue weighted by atomic mass is 35.5. The molecule has 0 radical (unpaired) electrons. The molecule has 0 saturated heterocycles. The normalized spacial score (nSPS) is 12.5. The second-order valence-corrected chi connectivity index (χ2v) is 9.50.